The summed E-state index contributed by atoms with van der Waals surface area (Å²) in [5.74, 6) is -0.798. The molecule has 0 spiro atoms. The second kappa shape index (κ2) is 10.9. The van der Waals surface area contributed by atoms with Crippen molar-refractivity contribution in [1.82, 2.24) is 19.2 Å². The van der Waals surface area contributed by atoms with Crippen molar-refractivity contribution >= 4 is 27.6 Å². The molecule has 0 aliphatic carbocycles. The molecule has 0 unspecified atom stereocenters. The van der Waals surface area contributed by atoms with Gasteiger partial charge in [-0.1, -0.05) is 23.8 Å². The number of unbranched alkanes of at least 4 members (excludes halogenated alkanes) is 1. The summed E-state index contributed by atoms with van der Waals surface area (Å²) >= 11 is 5.87. The van der Waals surface area contributed by atoms with Crippen LogP contribution in [-0.4, -0.2) is 59.1 Å². The lowest BCUT2D eigenvalue weighted by atomic mass is 10.1. The van der Waals surface area contributed by atoms with Crippen LogP contribution in [0.5, 0.6) is 0 Å². The molecule has 1 aromatic heterocycles. The molecule has 31 heavy (non-hydrogen) atoms. The van der Waals surface area contributed by atoms with E-state index in [4.69, 9.17) is 16.7 Å². The third-order valence-electron chi connectivity index (χ3n) is 5.22. The highest BCUT2D eigenvalue weighted by Crippen LogP contribution is 2.22. The van der Waals surface area contributed by atoms with Crippen molar-refractivity contribution in [2.24, 2.45) is 0 Å². The number of aliphatic carboxylic acids is 1. The summed E-state index contributed by atoms with van der Waals surface area (Å²) in [6.45, 7) is 2.09. The average molecular weight is 467 g/mol. The van der Waals surface area contributed by atoms with E-state index in [9.17, 15) is 13.2 Å². The number of carboxylic acid groups (broad SMARTS) is 1. The molecule has 2 heterocycles. The van der Waals surface area contributed by atoms with E-state index in [-0.39, 0.29) is 23.4 Å². The molecular formula is C21H27ClN4O4S. The Bertz CT molecular complexity index is 977. The first-order valence-corrected chi connectivity index (χ1v) is 12.1. The van der Waals surface area contributed by atoms with Crippen molar-refractivity contribution in [2.45, 2.75) is 49.2 Å². The molecule has 1 aliphatic heterocycles. The standard InChI is InChI=1S/C21H27ClN4O4S/c22-17-6-8-20(9-7-17)31(29,30)24-18-14-19(4-2-1-3-5-21(27)28)26(15-18)13-12-25-11-10-23-16-25/h2,4,6-11,16,18-19,24H,1,3,5,12-15H2,(H,27,28)/t18-,19-/m1/s1. The van der Waals surface area contributed by atoms with E-state index in [0.717, 1.165) is 13.1 Å². The van der Waals surface area contributed by atoms with Gasteiger partial charge in [-0.15, -0.1) is 0 Å². The van der Waals surface area contributed by atoms with E-state index in [0.29, 0.717) is 30.8 Å². The molecule has 1 aromatic carbocycles. The number of imidazole rings is 1. The molecule has 2 atom stereocenters. The van der Waals surface area contributed by atoms with Gasteiger partial charge < -0.3 is 9.67 Å². The number of halogens is 1. The Kier molecular flexibility index (Phi) is 8.25. The highest BCUT2D eigenvalue weighted by atomic mass is 35.5. The van der Waals surface area contributed by atoms with Gasteiger partial charge in [-0.3, -0.25) is 9.69 Å². The summed E-state index contributed by atoms with van der Waals surface area (Å²) in [6.07, 6.45) is 11.5. The lowest BCUT2D eigenvalue weighted by Gasteiger charge is -2.22. The molecule has 8 nitrogen and oxygen atoms in total. The molecule has 3 rings (SSSR count). The number of nitrogens with zero attached hydrogens (tertiary/aromatic N) is 3. The minimum atomic E-state index is -3.64. The van der Waals surface area contributed by atoms with Crippen LogP contribution >= 0.6 is 11.6 Å². The van der Waals surface area contributed by atoms with Crippen molar-refractivity contribution < 1.29 is 18.3 Å². The minimum absolute atomic E-state index is 0.0752. The Morgan fingerprint density at radius 3 is 2.74 bits per heavy atom. The number of hydrogen-bond acceptors (Lipinski definition) is 5. The predicted molar refractivity (Wildman–Crippen MR) is 118 cm³/mol. The number of likely N-dealkylation sites (tertiary alicyclic amines) is 1. The molecule has 168 valence electrons. The normalized spacial score (nSPS) is 19.9. The lowest BCUT2D eigenvalue weighted by Crippen LogP contribution is -2.37. The summed E-state index contributed by atoms with van der Waals surface area (Å²) < 4.78 is 30.3. The third-order valence-corrected chi connectivity index (χ3v) is 7.01. The number of benzene rings is 1. The molecule has 10 heteroatoms. The minimum Gasteiger partial charge on any atom is -0.481 e. The van der Waals surface area contributed by atoms with Crippen LogP contribution in [0.1, 0.15) is 25.7 Å². The number of carbonyl (C=O) groups is 1. The molecule has 1 aliphatic rings. The van der Waals surface area contributed by atoms with E-state index >= 15 is 0 Å². The van der Waals surface area contributed by atoms with Crippen LogP contribution in [0, 0.1) is 0 Å². The second-order valence-corrected chi connectivity index (χ2v) is 9.74. The van der Waals surface area contributed by atoms with E-state index in [1.807, 2.05) is 16.8 Å². The molecule has 2 aromatic rings. The maximum absolute atomic E-state index is 12.8. The number of aromatic nitrogens is 2. The lowest BCUT2D eigenvalue weighted by molar-refractivity contribution is -0.137. The van der Waals surface area contributed by atoms with Crippen molar-refractivity contribution in [3.05, 3.63) is 60.2 Å². The summed E-state index contributed by atoms with van der Waals surface area (Å²) in [6, 6.07) is 5.96. The quantitative estimate of drug-likeness (QED) is 0.389. The van der Waals surface area contributed by atoms with Crippen LogP contribution in [-0.2, 0) is 21.4 Å². The Labute approximate surface area is 187 Å². The number of carboxylic acids is 1. The second-order valence-electron chi connectivity index (χ2n) is 7.58. The Morgan fingerprint density at radius 2 is 2.06 bits per heavy atom. The van der Waals surface area contributed by atoms with E-state index in [1.165, 1.54) is 12.1 Å². The summed E-state index contributed by atoms with van der Waals surface area (Å²) in [5.41, 5.74) is 0. The van der Waals surface area contributed by atoms with Gasteiger partial charge in [-0.25, -0.2) is 18.1 Å². The highest BCUT2D eigenvalue weighted by Gasteiger charge is 2.33. The number of rotatable bonds is 11. The molecule has 0 saturated carbocycles. The average Bonchev–Trinajstić information content (AvgIpc) is 3.35. The van der Waals surface area contributed by atoms with Gasteiger partial charge in [-0.05, 0) is 43.5 Å². The van der Waals surface area contributed by atoms with E-state index in [1.54, 1.807) is 24.7 Å². The van der Waals surface area contributed by atoms with Gasteiger partial charge in [0.05, 0.1) is 11.2 Å². The third kappa shape index (κ3) is 7.17. The SMILES string of the molecule is O=C(O)CCCC=C[C@@H]1C[C@@H](NS(=O)(=O)c2ccc(Cl)cc2)CN1CCn1ccnc1. The van der Waals surface area contributed by atoms with Crippen LogP contribution in [0.4, 0.5) is 0 Å². The summed E-state index contributed by atoms with van der Waals surface area (Å²) in [5, 5.41) is 9.25. The fraction of sp³-hybridized carbons (Fsp3) is 0.429. The maximum Gasteiger partial charge on any atom is 0.303 e. The molecule has 2 N–H and O–H groups in total. The van der Waals surface area contributed by atoms with Crippen LogP contribution in [0.15, 0.2) is 60.0 Å². The van der Waals surface area contributed by atoms with Gasteiger partial charge in [0.1, 0.15) is 0 Å². The van der Waals surface area contributed by atoms with Crippen LogP contribution < -0.4 is 4.72 Å². The largest absolute Gasteiger partial charge is 0.481 e. The zero-order valence-electron chi connectivity index (χ0n) is 17.1. The van der Waals surface area contributed by atoms with E-state index in [2.05, 4.69) is 20.7 Å². The summed E-state index contributed by atoms with van der Waals surface area (Å²) in [7, 11) is -3.64. The van der Waals surface area contributed by atoms with Gasteiger partial charge >= 0.3 is 5.97 Å². The van der Waals surface area contributed by atoms with Crippen molar-refractivity contribution in [1.29, 1.82) is 0 Å². The summed E-state index contributed by atoms with van der Waals surface area (Å²) in [4.78, 5) is 17.2. The predicted octanol–water partition coefficient (Wildman–Crippen LogP) is 2.77. The van der Waals surface area contributed by atoms with Crippen LogP contribution in [0.25, 0.3) is 0 Å². The first kappa shape index (κ1) is 23.5. The first-order chi connectivity index (χ1) is 14.8. The zero-order chi connectivity index (χ0) is 22.3. The molecular weight excluding hydrogens is 440 g/mol. The van der Waals surface area contributed by atoms with Crippen molar-refractivity contribution in [3.8, 4) is 0 Å². The maximum atomic E-state index is 12.8. The van der Waals surface area contributed by atoms with Crippen molar-refractivity contribution in [2.75, 3.05) is 13.1 Å². The van der Waals surface area contributed by atoms with Crippen molar-refractivity contribution in [3.63, 3.8) is 0 Å². The molecule has 0 amide bonds. The van der Waals surface area contributed by atoms with Gasteiger partial charge in [-0.2, -0.15) is 0 Å². The van der Waals surface area contributed by atoms with Gasteiger partial charge in [0.15, 0.2) is 0 Å². The topological polar surface area (TPSA) is 105 Å². The van der Waals surface area contributed by atoms with Crippen LogP contribution in [0.2, 0.25) is 5.02 Å². The number of nitrogens with one attached hydrogen (secondary N) is 1. The molecule has 1 saturated heterocycles. The highest BCUT2D eigenvalue weighted by molar-refractivity contribution is 7.89. The van der Waals surface area contributed by atoms with Gasteiger partial charge in [0.25, 0.3) is 0 Å². The Balaban J connectivity index is 1.63. The number of allylic oxidation sites excluding steroid dienone is 1. The number of sulfonamides is 1. The van der Waals surface area contributed by atoms with Gasteiger partial charge in [0.2, 0.25) is 10.0 Å². The zero-order valence-corrected chi connectivity index (χ0v) is 18.7. The fourth-order valence-corrected chi connectivity index (χ4v) is 5.03. The molecule has 0 radical (unpaired) electrons. The van der Waals surface area contributed by atoms with Gasteiger partial charge in [0, 0.05) is 55.6 Å². The van der Waals surface area contributed by atoms with E-state index < -0.39 is 16.0 Å². The van der Waals surface area contributed by atoms with Crippen LogP contribution in [0.3, 0.4) is 0 Å². The Hall–Kier alpha value is -2.20. The first-order valence-electron chi connectivity index (χ1n) is 10.2. The monoisotopic (exact) mass is 466 g/mol. The Morgan fingerprint density at radius 1 is 1.29 bits per heavy atom. The number of hydrogen-bond donors (Lipinski definition) is 2. The molecule has 1 fully saturated rings. The smallest absolute Gasteiger partial charge is 0.303 e. The fourth-order valence-electron chi connectivity index (χ4n) is 3.66. The molecule has 0 bridgehead atoms.